The van der Waals surface area contributed by atoms with Crippen molar-refractivity contribution in [3.05, 3.63) is 41.5 Å². The predicted molar refractivity (Wildman–Crippen MR) is 72.7 cm³/mol. The number of aryl methyl sites for hydroxylation is 1. The maximum atomic E-state index is 13.4. The monoisotopic (exact) mass is 260 g/mol. The van der Waals surface area contributed by atoms with Crippen LogP contribution in [0.1, 0.15) is 36.3 Å². The van der Waals surface area contributed by atoms with E-state index in [1.54, 1.807) is 6.20 Å². The molecular weight excluding hydrogens is 243 g/mol. The summed E-state index contributed by atoms with van der Waals surface area (Å²) in [4.78, 5) is 11.6. The molecule has 0 aliphatic carbocycles. The van der Waals surface area contributed by atoms with Gasteiger partial charge in [0.15, 0.2) is 5.78 Å². The number of benzene rings is 1. The lowest BCUT2D eigenvalue weighted by molar-refractivity contribution is 0.101. The molecule has 0 aliphatic heterocycles. The van der Waals surface area contributed by atoms with Gasteiger partial charge < -0.3 is 0 Å². The van der Waals surface area contributed by atoms with Crippen LogP contribution in [0, 0.1) is 12.7 Å². The molecule has 1 aromatic carbocycles. The number of hydrogen-bond donors (Lipinski definition) is 0. The Labute approximate surface area is 112 Å². The van der Waals surface area contributed by atoms with Crippen molar-refractivity contribution in [3.8, 4) is 11.1 Å². The number of nitrogens with zero attached hydrogens (tertiary/aromatic N) is 2. The largest absolute Gasteiger partial charge is 0.294 e. The molecule has 0 saturated carbocycles. The Balaban J connectivity index is 2.58. The van der Waals surface area contributed by atoms with E-state index in [4.69, 9.17) is 0 Å². The summed E-state index contributed by atoms with van der Waals surface area (Å²) in [5.74, 6) is -0.416. The molecule has 0 spiro atoms. The second-order valence-electron chi connectivity index (χ2n) is 4.61. The zero-order valence-corrected chi connectivity index (χ0v) is 11.4. The van der Waals surface area contributed by atoms with Crippen molar-refractivity contribution in [2.24, 2.45) is 0 Å². The molecule has 1 heterocycles. The fraction of sp³-hybridized carbons (Fsp3) is 0.333. The van der Waals surface area contributed by atoms with Gasteiger partial charge in [-0.05, 0) is 44.0 Å². The van der Waals surface area contributed by atoms with E-state index in [1.807, 2.05) is 11.6 Å². The fourth-order valence-electron chi connectivity index (χ4n) is 2.19. The maximum absolute atomic E-state index is 13.4. The van der Waals surface area contributed by atoms with Gasteiger partial charge in [-0.3, -0.25) is 9.48 Å². The summed E-state index contributed by atoms with van der Waals surface area (Å²) in [5, 5.41) is 4.29. The van der Waals surface area contributed by atoms with Crippen molar-refractivity contribution < 1.29 is 9.18 Å². The molecule has 2 rings (SSSR count). The molecule has 0 aliphatic rings. The summed E-state index contributed by atoms with van der Waals surface area (Å²) in [7, 11) is 0. The number of halogens is 1. The minimum atomic E-state index is -0.345. The fourth-order valence-corrected chi connectivity index (χ4v) is 2.19. The third-order valence-electron chi connectivity index (χ3n) is 3.19. The standard InChI is InChI=1S/C15H17FN2O/c1-4-7-18-10(2)15(9-17-18)14-8-12(16)5-6-13(14)11(3)19/h5-6,8-9H,4,7H2,1-3H3. The Morgan fingerprint density at radius 1 is 1.37 bits per heavy atom. The molecule has 4 heteroatoms. The summed E-state index contributed by atoms with van der Waals surface area (Å²) in [6, 6.07) is 4.24. The first-order chi connectivity index (χ1) is 9.04. The van der Waals surface area contributed by atoms with Crippen LogP contribution >= 0.6 is 0 Å². The van der Waals surface area contributed by atoms with Crippen molar-refractivity contribution in [1.29, 1.82) is 0 Å². The first-order valence-electron chi connectivity index (χ1n) is 6.37. The molecule has 3 nitrogen and oxygen atoms in total. The summed E-state index contributed by atoms with van der Waals surface area (Å²) in [5.41, 5.74) is 2.92. The summed E-state index contributed by atoms with van der Waals surface area (Å²) < 4.78 is 15.3. The lowest BCUT2D eigenvalue weighted by Gasteiger charge is -2.08. The number of rotatable bonds is 4. The number of aromatic nitrogens is 2. The molecule has 0 saturated heterocycles. The van der Waals surface area contributed by atoms with Gasteiger partial charge in [-0.15, -0.1) is 0 Å². The molecule has 0 bridgehead atoms. The van der Waals surface area contributed by atoms with Gasteiger partial charge in [0.1, 0.15) is 5.82 Å². The van der Waals surface area contributed by atoms with E-state index < -0.39 is 0 Å². The average molecular weight is 260 g/mol. The molecule has 19 heavy (non-hydrogen) atoms. The predicted octanol–water partition coefficient (Wildman–Crippen LogP) is 3.61. The molecular formula is C15H17FN2O. The van der Waals surface area contributed by atoms with Crippen LogP contribution in [0.25, 0.3) is 11.1 Å². The van der Waals surface area contributed by atoms with Gasteiger partial charge in [-0.2, -0.15) is 5.10 Å². The molecule has 0 amide bonds. The second kappa shape index (κ2) is 5.34. The topological polar surface area (TPSA) is 34.9 Å². The third-order valence-corrected chi connectivity index (χ3v) is 3.19. The van der Waals surface area contributed by atoms with Gasteiger partial charge in [0.2, 0.25) is 0 Å². The van der Waals surface area contributed by atoms with Gasteiger partial charge in [-0.25, -0.2) is 4.39 Å². The van der Waals surface area contributed by atoms with E-state index in [0.717, 1.165) is 24.2 Å². The first-order valence-corrected chi connectivity index (χ1v) is 6.37. The number of carbonyl (C=O) groups is 1. The molecule has 1 aromatic heterocycles. The smallest absolute Gasteiger partial charge is 0.160 e. The van der Waals surface area contributed by atoms with Crippen LogP contribution in [0.3, 0.4) is 0 Å². The minimum Gasteiger partial charge on any atom is -0.294 e. The second-order valence-corrected chi connectivity index (χ2v) is 4.61. The van der Waals surface area contributed by atoms with Crippen molar-refractivity contribution in [3.63, 3.8) is 0 Å². The van der Waals surface area contributed by atoms with Crippen LogP contribution in [0.4, 0.5) is 4.39 Å². The molecule has 0 N–H and O–H groups in total. The average Bonchev–Trinajstić information content (AvgIpc) is 2.71. The van der Waals surface area contributed by atoms with Crippen LogP contribution in [-0.2, 0) is 6.54 Å². The van der Waals surface area contributed by atoms with Gasteiger partial charge in [0.05, 0.1) is 6.20 Å². The van der Waals surface area contributed by atoms with Crippen molar-refractivity contribution in [2.75, 3.05) is 0 Å². The van der Waals surface area contributed by atoms with E-state index >= 15 is 0 Å². The highest BCUT2D eigenvalue weighted by atomic mass is 19.1. The Morgan fingerprint density at radius 2 is 2.11 bits per heavy atom. The number of ketones is 1. The van der Waals surface area contributed by atoms with Crippen molar-refractivity contribution in [1.82, 2.24) is 9.78 Å². The highest BCUT2D eigenvalue weighted by molar-refractivity contribution is 6.01. The van der Waals surface area contributed by atoms with Gasteiger partial charge in [0, 0.05) is 23.4 Å². The summed E-state index contributed by atoms with van der Waals surface area (Å²) >= 11 is 0. The quantitative estimate of drug-likeness (QED) is 0.787. The van der Waals surface area contributed by atoms with E-state index in [-0.39, 0.29) is 11.6 Å². The van der Waals surface area contributed by atoms with E-state index in [1.165, 1.54) is 25.1 Å². The highest BCUT2D eigenvalue weighted by Crippen LogP contribution is 2.28. The Morgan fingerprint density at radius 3 is 2.74 bits per heavy atom. The van der Waals surface area contributed by atoms with Crippen LogP contribution in [0.5, 0.6) is 0 Å². The maximum Gasteiger partial charge on any atom is 0.160 e. The molecule has 2 aromatic rings. The third kappa shape index (κ3) is 2.57. The van der Waals surface area contributed by atoms with Gasteiger partial charge >= 0.3 is 0 Å². The lowest BCUT2D eigenvalue weighted by atomic mass is 9.98. The van der Waals surface area contributed by atoms with E-state index in [0.29, 0.717) is 11.1 Å². The molecule has 0 atom stereocenters. The van der Waals surface area contributed by atoms with Gasteiger partial charge in [-0.1, -0.05) is 6.92 Å². The van der Waals surface area contributed by atoms with Crippen LogP contribution in [0.2, 0.25) is 0 Å². The van der Waals surface area contributed by atoms with Crippen LogP contribution in [0.15, 0.2) is 24.4 Å². The number of carbonyl (C=O) groups excluding carboxylic acids is 1. The summed E-state index contributed by atoms with van der Waals surface area (Å²) in [6.07, 6.45) is 2.68. The number of Topliss-reactive ketones (excluding diaryl/α,β-unsaturated/α-hetero) is 1. The SMILES string of the molecule is CCCn1ncc(-c2cc(F)ccc2C(C)=O)c1C. The lowest BCUT2D eigenvalue weighted by Crippen LogP contribution is -2.02. The molecule has 0 fully saturated rings. The minimum absolute atomic E-state index is 0.0716. The Bertz CT molecular complexity index is 617. The van der Waals surface area contributed by atoms with E-state index in [9.17, 15) is 9.18 Å². The van der Waals surface area contributed by atoms with Crippen LogP contribution < -0.4 is 0 Å². The Hall–Kier alpha value is -1.97. The first kappa shape index (κ1) is 13.5. The normalized spacial score (nSPS) is 10.7. The molecule has 0 unspecified atom stereocenters. The van der Waals surface area contributed by atoms with Crippen molar-refractivity contribution in [2.45, 2.75) is 33.7 Å². The van der Waals surface area contributed by atoms with Gasteiger partial charge in [0.25, 0.3) is 0 Å². The zero-order valence-electron chi connectivity index (χ0n) is 11.4. The highest BCUT2D eigenvalue weighted by Gasteiger charge is 2.15. The van der Waals surface area contributed by atoms with Crippen molar-refractivity contribution >= 4 is 5.78 Å². The molecule has 0 radical (unpaired) electrons. The number of hydrogen-bond acceptors (Lipinski definition) is 2. The van der Waals surface area contributed by atoms with E-state index in [2.05, 4.69) is 12.0 Å². The zero-order chi connectivity index (χ0) is 14.0. The summed E-state index contributed by atoms with van der Waals surface area (Å²) in [6.45, 7) is 6.32. The molecule has 100 valence electrons. The van der Waals surface area contributed by atoms with Crippen LogP contribution in [-0.4, -0.2) is 15.6 Å². The Kier molecular flexibility index (Phi) is 3.79.